The summed E-state index contributed by atoms with van der Waals surface area (Å²) in [6.07, 6.45) is 0. The molecule has 10 heteroatoms. The summed E-state index contributed by atoms with van der Waals surface area (Å²) in [5, 5.41) is 12.0. The highest BCUT2D eigenvalue weighted by Crippen LogP contribution is 2.37. The summed E-state index contributed by atoms with van der Waals surface area (Å²) in [6, 6.07) is 16.8. The first-order valence-corrected chi connectivity index (χ1v) is 11.5. The van der Waals surface area contributed by atoms with E-state index in [1.807, 2.05) is 24.3 Å². The molecule has 0 radical (unpaired) electrons. The number of carbonyl (C=O) groups is 2. The maximum atomic E-state index is 12.9. The number of nitrogens with zero attached hydrogens (tertiary/aromatic N) is 3. The van der Waals surface area contributed by atoms with Crippen LogP contribution in [0.2, 0.25) is 5.02 Å². The van der Waals surface area contributed by atoms with Crippen molar-refractivity contribution in [3.8, 4) is 0 Å². The Kier molecular flexibility index (Phi) is 5.16. The highest BCUT2D eigenvalue weighted by molar-refractivity contribution is 8.00. The normalized spacial score (nSPS) is 13.1. The standard InChI is InChI=1S/C22H12ClN3O4S2/c23-13-6-4-12(5-7-13)11-31-22-24-16-9-8-14(10-18(16)32-22)25-20(27)15-2-1-3-17(26(29)30)19(15)21(25)28/h1-10H,11H2. The van der Waals surface area contributed by atoms with Crippen molar-refractivity contribution in [1.82, 2.24) is 4.98 Å². The lowest BCUT2D eigenvalue weighted by atomic mass is 10.1. The average molecular weight is 482 g/mol. The van der Waals surface area contributed by atoms with Crippen LogP contribution in [0.1, 0.15) is 26.3 Å². The van der Waals surface area contributed by atoms with E-state index in [9.17, 15) is 19.7 Å². The van der Waals surface area contributed by atoms with Crippen molar-refractivity contribution < 1.29 is 14.5 Å². The minimum absolute atomic E-state index is 0.0350. The molecule has 5 rings (SSSR count). The summed E-state index contributed by atoms with van der Waals surface area (Å²) < 4.78 is 1.66. The van der Waals surface area contributed by atoms with Gasteiger partial charge in [0.25, 0.3) is 17.5 Å². The van der Waals surface area contributed by atoms with Crippen molar-refractivity contribution in [1.29, 1.82) is 0 Å². The first-order valence-electron chi connectivity index (χ1n) is 9.36. The lowest BCUT2D eigenvalue weighted by Gasteiger charge is -2.13. The predicted molar refractivity (Wildman–Crippen MR) is 125 cm³/mol. The molecule has 4 aromatic rings. The summed E-state index contributed by atoms with van der Waals surface area (Å²) in [5.41, 5.74) is 1.71. The van der Waals surface area contributed by atoms with Gasteiger partial charge in [0, 0.05) is 16.8 Å². The molecule has 0 aliphatic carbocycles. The second kappa shape index (κ2) is 8.01. The molecular formula is C22H12ClN3O4S2. The number of hydrogen-bond acceptors (Lipinski definition) is 7. The Morgan fingerprint density at radius 2 is 1.84 bits per heavy atom. The van der Waals surface area contributed by atoms with Gasteiger partial charge in [0.1, 0.15) is 5.56 Å². The van der Waals surface area contributed by atoms with Crippen molar-refractivity contribution in [2.24, 2.45) is 0 Å². The Hall–Kier alpha value is -3.27. The van der Waals surface area contributed by atoms with E-state index in [1.54, 1.807) is 30.0 Å². The summed E-state index contributed by atoms with van der Waals surface area (Å²) in [6.45, 7) is 0. The number of rotatable bonds is 5. The fourth-order valence-electron chi connectivity index (χ4n) is 3.47. The first kappa shape index (κ1) is 20.6. The molecular weight excluding hydrogens is 470 g/mol. The van der Waals surface area contributed by atoms with Gasteiger partial charge in [-0.25, -0.2) is 9.88 Å². The number of hydrogen-bond donors (Lipinski definition) is 0. The van der Waals surface area contributed by atoms with Crippen LogP contribution in [-0.2, 0) is 5.75 Å². The van der Waals surface area contributed by atoms with Gasteiger partial charge < -0.3 is 0 Å². The molecule has 32 heavy (non-hydrogen) atoms. The van der Waals surface area contributed by atoms with Crippen LogP contribution < -0.4 is 4.90 Å². The SMILES string of the molecule is O=C1c2cccc([N+](=O)[O-])c2C(=O)N1c1ccc2nc(SCc3ccc(Cl)cc3)sc2c1. The van der Waals surface area contributed by atoms with Crippen molar-refractivity contribution in [2.75, 3.05) is 4.90 Å². The van der Waals surface area contributed by atoms with E-state index < -0.39 is 16.7 Å². The Labute approximate surface area is 194 Å². The van der Waals surface area contributed by atoms with Crippen LogP contribution in [0.4, 0.5) is 11.4 Å². The van der Waals surface area contributed by atoms with Gasteiger partial charge in [-0.05, 0) is 42.0 Å². The quantitative estimate of drug-likeness (QED) is 0.151. The van der Waals surface area contributed by atoms with Crippen LogP contribution in [0.5, 0.6) is 0 Å². The monoisotopic (exact) mass is 481 g/mol. The van der Waals surface area contributed by atoms with Crippen LogP contribution in [0.15, 0.2) is 65.0 Å². The number of nitro groups is 1. The topological polar surface area (TPSA) is 93.4 Å². The molecule has 158 valence electrons. The minimum Gasteiger partial charge on any atom is -0.268 e. The summed E-state index contributed by atoms with van der Waals surface area (Å²) in [4.78, 5) is 42.1. The Morgan fingerprint density at radius 1 is 1.06 bits per heavy atom. The molecule has 0 saturated heterocycles. The molecule has 0 saturated carbocycles. The Morgan fingerprint density at radius 3 is 2.59 bits per heavy atom. The number of thioether (sulfide) groups is 1. The third kappa shape index (κ3) is 3.54. The van der Waals surface area contributed by atoms with E-state index >= 15 is 0 Å². The van der Waals surface area contributed by atoms with Gasteiger partial charge >= 0.3 is 0 Å². The van der Waals surface area contributed by atoms with Crippen LogP contribution in [0.3, 0.4) is 0 Å². The molecule has 0 fully saturated rings. The maximum Gasteiger partial charge on any atom is 0.283 e. The van der Waals surface area contributed by atoms with E-state index in [0.29, 0.717) is 10.7 Å². The molecule has 1 aliphatic heterocycles. The fraction of sp³-hybridized carbons (Fsp3) is 0.0455. The maximum absolute atomic E-state index is 12.9. The summed E-state index contributed by atoms with van der Waals surface area (Å²) >= 11 is 8.96. The van der Waals surface area contributed by atoms with Crippen molar-refractivity contribution in [2.45, 2.75) is 10.1 Å². The zero-order chi connectivity index (χ0) is 22.4. The summed E-state index contributed by atoms with van der Waals surface area (Å²) in [5.74, 6) is -0.542. The van der Waals surface area contributed by atoms with Gasteiger partial charge in [0.05, 0.1) is 26.4 Å². The Bertz CT molecular complexity index is 1420. The number of aromatic nitrogens is 1. The van der Waals surface area contributed by atoms with E-state index in [-0.39, 0.29) is 16.8 Å². The predicted octanol–water partition coefficient (Wildman–Crippen LogP) is 5.95. The van der Waals surface area contributed by atoms with Gasteiger partial charge in [-0.2, -0.15) is 0 Å². The smallest absolute Gasteiger partial charge is 0.268 e. The number of amides is 2. The molecule has 0 spiro atoms. The van der Waals surface area contributed by atoms with Crippen LogP contribution in [0, 0.1) is 10.1 Å². The number of benzene rings is 3. The highest BCUT2D eigenvalue weighted by atomic mass is 35.5. The van der Waals surface area contributed by atoms with Gasteiger partial charge in [0.2, 0.25) is 0 Å². The second-order valence-electron chi connectivity index (χ2n) is 6.95. The van der Waals surface area contributed by atoms with E-state index in [4.69, 9.17) is 11.6 Å². The first-order chi connectivity index (χ1) is 15.4. The molecule has 1 aliphatic rings. The van der Waals surface area contributed by atoms with Gasteiger partial charge in [-0.15, -0.1) is 11.3 Å². The number of imide groups is 1. The van der Waals surface area contributed by atoms with Crippen LogP contribution in [-0.4, -0.2) is 21.7 Å². The number of thiazole rings is 1. The third-order valence-corrected chi connectivity index (χ3v) is 7.46. The van der Waals surface area contributed by atoms with E-state index in [0.717, 1.165) is 30.8 Å². The Balaban J connectivity index is 1.43. The summed E-state index contributed by atoms with van der Waals surface area (Å²) in [7, 11) is 0. The lowest BCUT2D eigenvalue weighted by molar-refractivity contribution is -0.385. The number of carbonyl (C=O) groups excluding carboxylic acids is 2. The number of fused-ring (bicyclic) bond motifs is 2. The number of nitro benzene ring substituents is 1. The largest absolute Gasteiger partial charge is 0.283 e. The molecule has 0 unspecified atom stereocenters. The molecule has 2 heterocycles. The lowest BCUT2D eigenvalue weighted by Crippen LogP contribution is -2.29. The van der Waals surface area contributed by atoms with E-state index in [1.165, 1.54) is 29.5 Å². The number of halogens is 1. The zero-order valence-electron chi connectivity index (χ0n) is 16.1. The van der Waals surface area contributed by atoms with Crippen LogP contribution >= 0.6 is 34.7 Å². The highest BCUT2D eigenvalue weighted by Gasteiger charge is 2.41. The third-order valence-electron chi connectivity index (χ3n) is 4.98. The van der Waals surface area contributed by atoms with Gasteiger partial charge in [-0.1, -0.05) is 41.6 Å². The second-order valence-corrected chi connectivity index (χ2v) is 9.64. The number of anilines is 1. The van der Waals surface area contributed by atoms with Gasteiger partial charge in [-0.3, -0.25) is 19.7 Å². The van der Waals surface area contributed by atoms with Crippen molar-refractivity contribution in [3.63, 3.8) is 0 Å². The molecule has 1 aromatic heterocycles. The molecule has 0 bridgehead atoms. The zero-order valence-corrected chi connectivity index (χ0v) is 18.5. The van der Waals surface area contributed by atoms with Crippen molar-refractivity contribution in [3.05, 3.63) is 92.5 Å². The average Bonchev–Trinajstić information content (AvgIpc) is 3.31. The molecule has 3 aromatic carbocycles. The minimum atomic E-state index is -0.696. The molecule has 0 atom stereocenters. The van der Waals surface area contributed by atoms with E-state index in [2.05, 4.69) is 4.98 Å². The van der Waals surface area contributed by atoms with Crippen molar-refractivity contribution >= 4 is 68.1 Å². The fourth-order valence-corrected chi connectivity index (χ4v) is 5.66. The molecule has 7 nitrogen and oxygen atoms in total. The molecule has 2 amide bonds. The van der Waals surface area contributed by atoms with Crippen LogP contribution in [0.25, 0.3) is 10.2 Å². The molecule has 0 N–H and O–H groups in total. The van der Waals surface area contributed by atoms with Gasteiger partial charge in [0.15, 0.2) is 4.34 Å².